The molecule has 242 valence electrons. The standard InChI is InChI=1S/C31H38F3N7O3S/c1-3-20-6-8-26-37-15-17-43-22-18-21(4-2)41(19-22)27-23(28(42)40-45-29(20)39-26)7-9-25(38-27)36-14-10-24(35)44-16-13-30(11-5-12-30)31(32,33)34/h4,6-10,14,21-22,35H,2-3,5,11-13,15-19H2,1H3,(H,36,38)(H,37,39)(H,40,42)/b14-10-,35-24?. The summed E-state index contributed by atoms with van der Waals surface area (Å²) in [5.41, 5.74) is -0.336. The number of nitrogens with one attached hydrogen (secondary N) is 4. The van der Waals surface area contributed by atoms with Crippen LogP contribution >= 0.6 is 11.9 Å². The minimum atomic E-state index is -4.27. The van der Waals surface area contributed by atoms with Crippen LogP contribution in [-0.2, 0) is 15.9 Å². The van der Waals surface area contributed by atoms with Crippen molar-refractivity contribution in [3.8, 4) is 0 Å². The molecule has 2 unspecified atom stereocenters. The monoisotopic (exact) mass is 645 g/mol. The van der Waals surface area contributed by atoms with Crippen molar-refractivity contribution in [2.45, 2.75) is 68.8 Å². The van der Waals surface area contributed by atoms with Crippen molar-refractivity contribution in [1.82, 2.24) is 14.7 Å². The summed E-state index contributed by atoms with van der Waals surface area (Å²) in [6, 6.07) is 7.10. The lowest BCUT2D eigenvalue weighted by Gasteiger charge is -2.43. The quantitative estimate of drug-likeness (QED) is 0.117. The number of carbonyl (C=O) groups is 1. The highest BCUT2D eigenvalue weighted by atomic mass is 32.2. The summed E-state index contributed by atoms with van der Waals surface area (Å²) < 4.78 is 54.5. The number of rotatable bonds is 8. The van der Waals surface area contributed by atoms with Gasteiger partial charge in [0, 0.05) is 37.3 Å². The number of halogens is 3. The Hall–Kier alpha value is -3.78. The first-order chi connectivity index (χ1) is 21.6. The molecule has 3 aliphatic rings. The first kappa shape index (κ1) is 32.6. The van der Waals surface area contributed by atoms with Gasteiger partial charge in [-0.3, -0.25) is 14.9 Å². The Balaban J connectivity index is 1.31. The molecule has 1 saturated heterocycles. The third kappa shape index (κ3) is 7.55. The molecule has 0 spiro atoms. The smallest absolute Gasteiger partial charge is 0.394 e. The zero-order valence-electron chi connectivity index (χ0n) is 25.1. The molecular weight excluding hydrogens is 607 g/mol. The highest BCUT2D eigenvalue weighted by Crippen LogP contribution is 2.55. The summed E-state index contributed by atoms with van der Waals surface area (Å²) in [4.78, 5) is 25.0. The Labute approximate surface area is 264 Å². The molecule has 4 N–H and O–H groups in total. The number of anilines is 3. The van der Waals surface area contributed by atoms with E-state index in [2.05, 4.69) is 26.9 Å². The summed E-state index contributed by atoms with van der Waals surface area (Å²) >= 11 is 1.15. The van der Waals surface area contributed by atoms with Crippen LogP contribution in [0.25, 0.3) is 0 Å². The number of hydrogen-bond donors (Lipinski definition) is 4. The Morgan fingerprint density at radius 1 is 1.31 bits per heavy atom. The summed E-state index contributed by atoms with van der Waals surface area (Å²) in [6.45, 7) is 7.37. The highest BCUT2D eigenvalue weighted by molar-refractivity contribution is 7.98. The van der Waals surface area contributed by atoms with E-state index in [1.54, 1.807) is 12.1 Å². The predicted molar refractivity (Wildman–Crippen MR) is 169 cm³/mol. The summed E-state index contributed by atoms with van der Waals surface area (Å²) in [5, 5.41) is 15.0. The van der Waals surface area contributed by atoms with Crippen molar-refractivity contribution in [3.05, 3.63) is 60.3 Å². The Bertz CT molecular complexity index is 1430. The fraction of sp³-hybridized carbons (Fsp3) is 0.484. The minimum Gasteiger partial charge on any atom is -0.478 e. The first-order valence-corrected chi connectivity index (χ1v) is 15.9. The number of aromatic nitrogens is 2. The molecule has 1 aliphatic carbocycles. The van der Waals surface area contributed by atoms with Gasteiger partial charge in [-0.2, -0.15) is 13.2 Å². The molecule has 5 rings (SSSR count). The number of ether oxygens (including phenoxy) is 2. The van der Waals surface area contributed by atoms with Crippen LogP contribution in [0.5, 0.6) is 0 Å². The molecule has 4 bridgehead atoms. The molecule has 10 nitrogen and oxygen atoms in total. The summed E-state index contributed by atoms with van der Waals surface area (Å²) in [7, 11) is 0. The van der Waals surface area contributed by atoms with Gasteiger partial charge in [0.1, 0.15) is 22.5 Å². The molecule has 2 aromatic rings. The van der Waals surface area contributed by atoms with Gasteiger partial charge in [-0.05, 0) is 55.9 Å². The van der Waals surface area contributed by atoms with Crippen LogP contribution in [0, 0.1) is 10.8 Å². The van der Waals surface area contributed by atoms with Gasteiger partial charge in [-0.25, -0.2) is 9.97 Å². The lowest BCUT2D eigenvalue weighted by molar-refractivity contribution is -0.255. The molecular formula is C31H38F3N7O3S. The number of nitrogens with zero attached hydrogens (tertiary/aromatic N) is 3. The predicted octanol–water partition coefficient (Wildman–Crippen LogP) is 6.09. The van der Waals surface area contributed by atoms with Crippen molar-refractivity contribution in [3.63, 3.8) is 0 Å². The van der Waals surface area contributed by atoms with Gasteiger partial charge in [-0.1, -0.05) is 25.5 Å². The molecule has 14 heteroatoms. The largest absolute Gasteiger partial charge is 0.478 e. The van der Waals surface area contributed by atoms with Gasteiger partial charge in [0.05, 0.1) is 36.3 Å². The maximum absolute atomic E-state index is 13.5. The van der Waals surface area contributed by atoms with Crippen molar-refractivity contribution in [2.75, 3.05) is 41.8 Å². The zero-order valence-corrected chi connectivity index (χ0v) is 25.9. The number of aryl methyl sites for hydroxylation is 1. The second-order valence-electron chi connectivity index (χ2n) is 11.3. The van der Waals surface area contributed by atoms with E-state index in [0.29, 0.717) is 60.6 Å². The Morgan fingerprint density at radius 2 is 2.13 bits per heavy atom. The minimum absolute atomic E-state index is 0.100. The molecule has 2 aliphatic heterocycles. The van der Waals surface area contributed by atoms with Crippen molar-refractivity contribution < 1.29 is 27.4 Å². The second kappa shape index (κ2) is 14.1. The lowest BCUT2D eigenvalue weighted by atomic mass is 9.66. The average molecular weight is 646 g/mol. The van der Waals surface area contributed by atoms with E-state index in [4.69, 9.17) is 19.9 Å². The molecule has 4 heterocycles. The van der Waals surface area contributed by atoms with Gasteiger partial charge < -0.3 is 25.0 Å². The van der Waals surface area contributed by atoms with E-state index in [1.165, 1.54) is 12.3 Å². The van der Waals surface area contributed by atoms with Gasteiger partial charge in [-0.15, -0.1) is 6.58 Å². The normalized spacial score (nSPS) is 21.4. The Kier molecular flexibility index (Phi) is 10.2. The highest BCUT2D eigenvalue weighted by Gasteiger charge is 2.57. The van der Waals surface area contributed by atoms with Crippen LogP contribution in [0.1, 0.15) is 54.9 Å². The van der Waals surface area contributed by atoms with E-state index < -0.39 is 11.6 Å². The van der Waals surface area contributed by atoms with Gasteiger partial charge in [0.25, 0.3) is 5.91 Å². The third-order valence-corrected chi connectivity index (χ3v) is 9.34. The lowest BCUT2D eigenvalue weighted by Crippen LogP contribution is -2.44. The van der Waals surface area contributed by atoms with Crippen LogP contribution in [-0.4, -0.2) is 66.4 Å². The number of amides is 1. The van der Waals surface area contributed by atoms with Crippen LogP contribution in [0.4, 0.5) is 30.6 Å². The number of carbonyl (C=O) groups excluding carboxylic acids is 1. The Morgan fingerprint density at radius 3 is 2.84 bits per heavy atom. The van der Waals surface area contributed by atoms with Crippen LogP contribution in [0.15, 0.2) is 54.2 Å². The van der Waals surface area contributed by atoms with Crippen molar-refractivity contribution in [1.29, 1.82) is 5.41 Å². The van der Waals surface area contributed by atoms with E-state index in [1.807, 2.05) is 30.0 Å². The zero-order chi connectivity index (χ0) is 32.0. The second-order valence-corrected chi connectivity index (χ2v) is 12.1. The van der Waals surface area contributed by atoms with E-state index in [0.717, 1.165) is 23.9 Å². The number of hydrogen-bond acceptors (Lipinski definition) is 10. The SMILES string of the molecule is C=CC1CC2CN1c1nc(N/C=C\C(=N)OCCC3(C(F)(F)F)CCC3)ccc1C(=O)NSc1nc(ccc1CC)NCCO2. The fourth-order valence-electron chi connectivity index (χ4n) is 5.70. The van der Waals surface area contributed by atoms with Gasteiger partial charge >= 0.3 is 6.18 Å². The average Bonchev–Trinajstić information content (AvgIpc) is 3.41. The maximum atomic E-state index is 13.5. The van der Waals surface area contributed by atoms with Crippen LogP contribution in [0.2, 0.25) is 0 Å². The number of pyridine rings is 2. The molecule has 2 atom stereocenters. The molecule has 1 amide bonds. The molecule has 0 aromatic carbocycles. The third-order valence-electron chi connectivity index (χ3n) is 8.51. The molecule has 45 heavy (non-hydrogen) atoms. The maximum Gasteiger partial charge on any atom is 0.394 e. The summed E-state index contributed by atoms with van der Waals surface area (Å²) in [5.74, 6) is 0.937. The first-order valence-electron chi connectivity index (χ1n) is 15.1. The van der Waals surface area contributed by atoms with Gasteiger partial charge in [0.15, 0.2) is 0 Å². The fourth-order valence-corrected chi connectivity index (χ4v) is 6.49. The van der Waals surface area contributed by atoms with E-state index in [9.17, 15) is 18.0 Å². The number of alkyl halides is 3. The molecule has 1 saturated carbocycles. The molecule has 2 aromatic heterocycles. The van der Waals surface area contributed by atoms with Crippen LogP contribution in [0.3, 0.4) is 0 Å². The van der Waals surface area contributed by atoms with Crippen molar-refractivity contribution >= 4 is 41.2 Å². The number of fused-ring (bicyclic) bond motifs is 6. The molecule has 2 fully saturated rings. The summed E-state index contributed by atoms with van der Waals surface area (Å²) in [6.07, 6.45) is 2.20. The van der Waals surface area contributed by atoms with Crippen molar-refractivity contribution in [2.24, 2.45) is 5.41 Å². The van der Waals surface area contributed by atoms with E-state index in [-0.39, 0.29) is 49.8 Å². The topological polar surface area (TPSA) is 124 Å². The van der Waals surface area contributed by atoms with Crippen LogP contribution < -0.4 is 20.3 Å². The molecule has 0 radical (unpaired) electrons. The van der Waals surface area contributed by atoms with Gasteiger partial charge in [0.2, 0.25) is 5.90 Å². The van der Waals surface area contributed by atoms with E-state index >= 15 is 0 Å².